The van der Waals surface area contributed by atoms with Gasteiger partial charge in [0.2, 0.25) is 10.0 Å². The average Bonchev–Trinajstić information content (AvgIpc) is 2.39. The van der Waals surface area contributed by atoms with Crippen LogP contribution in [-0.2, 0) is 16.6 Å². The van der Waals surface area contributed by atoms with Crippen molar-refractivity contribution in [3.05, 3.63) is 27.7 Å². The fourth-order valence-corrected chi connectivity index (χ4v) is 4.32. The summed E-state index contributed by atoms with van der Waals surface area (Å²) in [5.41, 5.74) is 7.29. The standard InChI is InChI=1S/C14H23BrN2O2S/c1-5-9(2)11(4)17-20(18,19)13-7-12(8-16)6-10(3)14(13)15/h6-7,9,11,17H,5,8,16H2,1-4H3. The number of halogens is 1. The van der Waals surface area contributed by atoms with Crippen LogP contribution in [-0.4, -0.2) is 14.5 Å². The average molecular weight is 363 g/mol. The summed E-state index contributed by atoms with van der Waals surface area (Å²) >= 11 is 3.36. The Kier molecular flexibility index (Phi) is 6.19. The van der Waals surface area contributed by atoms with Crippen LogP contribution in [0.15, 0.2) is 21.5 Å². The van der Waals surface area contributed by atoms with Crippen LogP contribution in [0.25, 0.3) is 0 Å². The molecule has 3 N–H and O–H groups in total. The molecule has 0 aromatic heterocycles. The lowest BCUT2D eigenvalue weighted by Crippen LogP contribution is -2.37. The van der Waals surface area contributed by atoms with Gasteiger partial charge in [0, 0.05) is 17.1 Å². The number of hydrogen-bond donors (Lipinski definition) is 2. The lowest BCUT2D eigenvalue weighted by molar-refractivity contribution is 0.434. The zero-order valence-electron chi connectivity index (χ0n) is 12.4. The minimum Gasteiger partial charge on any atom is -0.326 e. The topological polar surface area (TPSA) is 72.2 Å². The minimum absolute atomic E-state index is 0.112. The van der Waals surface area contributed by atoms with E-state index in [0.717, 1.165) is 17.5 Å². The monoisotopic (exact) mass is 362 g/mol. The molecule has 0 saturated heterocycles. The lowest BCUT2D eigenvalue weighted by Gasteiger charge is -2.21. The number of benzene rings is 1. The van der Waals surface area contributed by atoms with E-state index >= 15 is 0 Å². The van der Waals surface area contributed by atoms with Crippen LogP contribution in [0.2, 0.25) is 0 Å². The van der Waals surface area contributed by atoms with Crippen molar-refractivity contribution in [1.82, 2.24) is 4.72 Å². The van der Waals surface area contributed by atoms with Gasteiger partial charge in [0.05, 0.1) is 4.90 Å². The van der Waals surface area contributed by atoms with E-state index in [1.54, 1.807) is 6.07 Å². The third-order valence-electron chi connectivity index (χ3n) is 3.64. The van der Waals surface area contributed by atoms with E-state index in [1.165, 1.54) is 0 Å². The highest BCUT2D eigenvalue weighted by atomic mass is 79.9. The molecule has 0 amide bonds. The zero-order chi connectivity index (χ0) is 15.5. The van der Waals surface area contributed by atoms with Crippen molar-refractivity contribution < 1.29 is 8.42 Å². The predicted octanol–water partition coefficient (Wildman–Crippen LogP) is 2.93. The number of aryl methyl sites for hydroxylation is 1. The Balaban J connectivity index is 3.19. The molecule has 0 spiro atoms. The van der Waals surface area contributed by atoms with Crippen molar-refractivity contribution in [2.75, 3.05) is 0 Å². The SMILES string of the molecule is CCC(C)C(C)NS(=O)(=O)c1cc(CN)cc(C)c1Br. The van der Waals surface area contributed by atoms with Crippen LogP contribution >= 0.6 is 15.9 Å². The first-order valence-corrected chi connectivity index (χ1v) is 9.02. The van der Waals surface area contributed by atoms with Gasteiger partial charge in [0.25, 0.3) is 0 Å². The summed E-state index contributed by atoms with van der Waals surface area (Å²) in [4.78, 5) is 0.258. The molecule has 0 bridgehead atoms. The molecule has 0 fully saturated rings. The number of hydrogen-bond acceptors (Lipinski definition) is 3. The van der Waals surface area contributed by atoms with Crippen LogP contribution < -0.4 is 10.5 Å². The molecule has 1 aromatic carbocycles. The first-order chi connectivity index (χ1) is 9.22. The van der Waals surface area contributed by atoms with Gasteiger partial charge in [0.1, 0.15) is 0 Å². The van der Waals surface area contributed by atoms with E-state index < -0.39 is 10.0 Å². The van der Waals surface area contributed by atoms with E-state index in [-0.39, 0.29) is 16.9 Å². The number of sulfonamides is 1. The molecule has 114 valence electrons. The van der Waals surface area contributed by atoms with Gasteiger partial charge < -0.3 is 5.73 Å². The second-order valence-corrected chi connectivity index (χ2v) is 7.70. The van der Waals surface area contributed by atoms with Gasteiger partial charge in [-0.3, -0.25) is 0 Å². The smallest absolute Gasteiger partial charge is 0.241 e. The third kappa shape index (κ3) is 4.04. The van der Waals surface area contributed by atoms with Crippen LogP contribution in [0.4, 0.5) is 0 Å². The van der Waals surface area contributed by atoms with Gasteiger partial charge in [-0.2, -0.15) is 0 Å². The van der Waals surface area contributed by atoms with Crippen molar-refractivity contribution >= 4 is 26.0 Å². The van der Waals surface area contributed by atoms with Crippen LogP contribution in [0.5, 0.6) is 0 Å². The molecule has 0 aliphatic heterocycles. The second kappa shape index (κ2) is 7.02. The molecule has 0 heterocycles. The first-order valence-electron chi connectivity index (χ1n) is 6.74. The molecule has 20 heavy (non-hydrogen) atoms. The maximum absolute atomic E-state index is 12.5. The summed E-state index contributed by atoms with van der Waals surface area (Å²) in [6.07, 6.45) is 0.923. The van der Waals surface area contributed by atoms with Gasteiger partial charge in [-0.05, 0) is 52.9 Å². The van der Waals surface area contributed by atoms with Gasteiger partial charge in [0.15, 0.2) is 0 Å². The second-order valence-electron chi connectivity index (χ2n) is 5.22. The van der Waals surface area contributed by atoms with E-state index in [9.17, 15) is 8.42 Å². The van der Waals surface area contributed by atoms with Crippen LogP contribution in [0.1, 0.15) is 38.3 Å². The van der Waals surface area contributed by atoms with Crippen molar-refractivity contribution in [2.24, 2.45) is 11.7 Å². The molecule has 0 radical (unpaired) electrons. The number of nitrogens with two attached hydrogens (primary N) is 1. The Morgan fingerprint density at radius 2 is 1.95 bits per heavy atom. The Morgan fingerprint density at radius 1 is 1.35 bits per heavy atom. The van der Waals surface area contributed by atoms with Crippen molar-refractivity contribution in [2.45, 2.75) is 51.6 Å². The lowest BCUT2D eigenvalue weighted by atomic mass is 10.0. The molecular formula is C14H23BrN2O2S. The summed E-state index contributed by atoms with van der Waals surface area (Å²) in [5, 5.41) is 0. The molecule has 0 aliphatic carbocycles. The fourth-order valence-electron chi connectivity index (χ4n) is 1.90. The molecular weight excluding hydrogens is 340 g/mol. The van der Waals surface area contributed by atoms with Crippen molar-refractivity contribution in [1.29, 1.82) is 0 Å². The molecule has 1 rings (SSSR count). The van der Waals surface area contributed by atoms with Crippen LogP contribution in [0.3, 0.4) is 0 Å². The molecule has 1 aromatic rings. The number of nitrogens with one attached hydrogen (secondary N) is 1. The maximum atomic E-state index is 12.5. The fraction of sp³-hybridized carbons (Fsp3) is 0.571. The summed E-state index contributed by atoms with van der Waals surface area (Å²) in [6, 6.07) is 3.41. The summed E-state index contributed by atoms with van der Waals surface area (Å²) in [5.74, 6) is 0.280. The van der Waals surface area contributed by atoms with E-state index in [4.69, 9.17) is 5.73 Å². The van der Waals surface area contributed by atoms with Crippen molar-refractivity contribution in [3.63, 3.8) is 0 Å². The third-order valence-corrected chi connectivity index (χ3v) is 6.54. The Labute approximate surface area is 130 Å². The Hall–Kier alpha value is -0.430. The highest BCUT2D eigenvalue weighted by Crippen LogP contribution is 2.27. The van der Waals surface area contributed by atoms with Crippen molar-refractivity contribution in [3.8, 4) is 0 Å². The normalized spacial score (nSPS) is 15.1. The molecule has 0 saturated carbocycles. The highest BCUT2D eigenvalue weighted by molar-refractivity contribution is 9.10. The number of rotatable bonds is 6. The largest absolute Gasteiger partial charge is 0.326 e. The zero-order valence-corrected chi connectivity index (χ0v) is 14.8. The van der Waals surface area contributed by atoms with Gasteiger partial charge in [-0.1, -0.05) is 26.3 Å². The molecule has 2 atom stereocenters. The summed E-state index contributed by atoms with van der Waals surface area (Å²) < 4.78 is 28.4. The van der Waals surface area contributed by atoms with E-state index in [0.29, 0.717) is 11.0 Å². The van der Waals surface area contributed by atoms with Gasteiger partial charge in [-0.25, -0.2) is 13.1 Å². The maximum Gasteiger partial charge on any atom is 0.241 e. The molecule has 4 nitrogen and oxygen atoms in total. The minimum atomic E-state index is -3.55. The summed E-state index contributed by atoms with van der Waals surface area (Å²) in [7, 11) is -3.55. The quantitative estimate of drug-likeness (QED) is 0.816. The molecule has 6 heteroatoms. The first kappa shape index (κ1) is 17.6. The van der Waals surface area contributed by atoms with E-state index in [1.807, 2.05) is 33.8 Å². The Bertz CT molecular complexity index is 573. The van der Waals surface area contributed by atoms with Gasteiger partial charge in [-0.15, -0.1) is 0 Å². The highest BCUT2D eigenvalue weighted by Gasteiger charge is 2.23. The van der Waals surface area contributed by atoms with Gasteiger partial charge >= 0.3 is 0 Å². The predicted molar refractivity (Wildman–Crippen MR) is 86.0 cm³/mol. The molecule has 0 aliphatic rings. The summed E-state index contributed by atoms with van der Waals surface area (Å²) in [6.45, 7) is 8.14. The Morgan fingerprint density at radius 3 is 2.45 bits per heavy atom. The van der Waals surface area contributed by atoms with Crippen LogP contribution in [0, 0.1) is 12.8 Å². The molecule has 2 unspecified atom stereocenters. The van der Waals surface area contributed by atoms with E-state index in [2.05, 4.69) is 20.7 Å².